The Morgan fingerprint density at radius 2 is 2.00 bits per heavy atom. The van der Waals surface area contributed by atoms with Crippen LogP contribution in [0.2, 0.25) is 0 Å². The highest BCUT2D eigenvalue weighted by molar-refractivity contribution is 5.49. The molecule has 2 heteroatoms. The van der Waals surface area contributed by atoms with Crippen LogP contribution in [0.5, 0.6) is 11.5 Å². The number of rotatable bonds is 4. The molecular formula is C14H16O2. The van der Waals surface area contributed by atoms with E-state index in [9.17, 15) is 5.11 Å². The first-order chi connectivity index (χ1) is 7.71. The van der Waals surface area contributed by atoms with Gasteiger partial charge in [-0.05, 0) is 6.07 Å². The summed E-state index contributed by atoms with van der Waals surface area (Å²) < 4.78 is 5.91. The number of para-hydroxylation sites is 1. The van der Waals surface area contributed by atoms with Crippen LogP contribution in [0.1, 0.15) is 18.4 Å². The molecule has 1 heterocycles. The van der Waals surface area contributed by atoms with Crippen molar-refractivity contribution in [1.82, 2.24) is 0 Å². The zero-order chi connectivity index (χ0) is 11.6. The molecule has 1 aliphatic rings. The van der Waals surface area contributed by atoms with Gasteiger partial charge in [0.2, 0.25) is 0 Å². The zero-order valence-electron chi connectivity index (χ0n) is 9.28. The molecule has 0 unspecified atom stereocenters. The van der Waals surface area contributed by atoms with Gasteiger partial charge in [0.05, 0.1) is 0 Å². The van der Waals surface area contributed by atoms with Gasteiger partial charge in [-0.2, -0.15) is 0 Å². The molecule has 0 fully saturated rings. The van der Waals surface area contributed by atoms with Crippen LogP contribution in [-0.4, -0.2) is 10.7 Å². The van der Waals surface area contributed by atoms with E-state index in [2.05, 4.69) is 13.2 Å². The maximum atomic E-state index is 9.72. The van der Waals surface area contributed by atoms with Gasteiger partial charge in [-0.1, -0.05) is 24.3 Å². The minimum Gasteiger partial charge on any atom is -0.504 e. The van der Waals surface area contributed by atoms with Gasteiger partial charge in [-0.15, -0.1) is 13.2 Å². The zero-order valence-corrected chi connectivity index (χ0v) is 9.28. The third kappa shape index (κ3) is 1.71. The normalized spacial score (nSPS) is 16.2. The standard InChI is InChI=1S/C14H16O2/c1-3-8-14(9-4-2)10-11-6-5-7-12(15)13(11)16-14/h3-7,15H,1-2,8-10H2. The van der Waals surface area contributed by atoms with Crippen molar-refractivity contribution < 1.29 is 9.84 Å². The number of benzene rings is 1. The lowest BCUT2D eigenvalue weighted by Crippen LogP contribution is -2.32. The predicted octanol–water partition coefficient (Wildman–Crippen LogP) is 3.22. The van der Waals surface area contributed by atoms with Crippen molar-refractivity contribution in [3.8, 4) is 11.5 Å². The Hall–Kier alpha value is -1.70. The predicted molar refractivity (Wildman–Crippen MR) is 64.8 cm³/mol. The summed E-state index contributed by atoms with van der Waals surface area (Å²) in [6, 6.07) is 5.48. The average molecular weight is 216 g/mol. The fraction of sp³-hybridized carbons (Fsp3) is 0.286. The molecule has 0 atom stereocenters. The van der Waals surface area contributed by atoms with E-state index in [-0.39, 0.29) is 11.4 Å². The Bertz CT molecular complexity index is 411. The molecule has 0 saturated carbocycles. The van der Waals surface area contributed by atoms with Gasteiger partial charge in [0.1, 0.15) is 5.60 Å². The van der Waals surface area contributed by atoms with E-state index in [4.69, 9.17) is 4.74 Å². The molecule has 2 rings (SSSR count). The molecule has 0 aliphatic carbocycles. The summed E-state index contributed by atoms with van der Waals surface area (Å²) in [5, 5.41) is 9.72. The Morgan fingerprint density at radius 1 is 1.31 bits per heavy atom. The lowest BCUT2D eigenvalue weighted by Gasteiger charge is -2.26. The Labute approximate surface area is 95.9 Å². The lowest BCUT2D eigenvalue weighted by molar-refractivity contribution is 0.0982. The number of aromatic hydroxyl groups is 1. The molecule has 0 bridgehead atoms. The van der Waals surface area contributed by atoms with Crippen molar-refractivity contribution in [3.05, 3.63) is 49.1 Å². The summed E-state index contributed by atoms with van der Waals surface area (Å²) in [5.41, 5.74) is 0.758. The fourth-order valence-corrected chi connectivity index (χ4v) is 2.27. The molecule has 16 heavy (non-hydrogen) atoms. The van der Waals surface area contributed by atoms with Crippen LogP contribution >= 0.6 is 0 Å². The quantitative estimate of drug-likeness (QED) is 0.783. The summed E-state index contributed by atoms with van der Waals surface area (Å²) in [6.07, 6.45) is 6.02. The number of hydrogen-bond acceptors (Lipinski definition) is 2. The number of hydrogen-bond donors (Lipinski definition) is 1. The second-order valence-corrected chi connectivity index (χ2v) is 4.21. The van der Waals surface area contributed by atoms with E-state index in [1.165, 1.54) is 0 Å². The molecule has 84 valence electrons. The topological polar surface area (TPSA) is 29.5 Å². The molecule has 0 spiro atoms. The minimum absolute atomic E-state index is 0.215. The first-order valence-electron chi connectivity index (χ1n) is 5.42. The second-order valence-electron chi connectivity index (χ2n) is 4.21. The largest absolute Gasteiger partial charge is 0.504 e. The van der Waals surface area contributed by atoms with Crippen molar-refractivity contribution >= 4 is 0 Å². The number of fused-ring (bicyclic) bond motifs is 1. The monoisotopic (exact) mass is 216 g/mol. The van der Waals surface area contributed by atoms with Crippen LogP contribution < -0.4 is 4.74 Å². The molecule has 0 radical (unpaired) electrons. The molecule has 1 aromatic rings. The van der Waals surface area contributed by atoms with Crippen molar-refractivity contribution in [2.45, 2.75) is 24.9 Å². The molecule has 1 aliphatic heterocycles. The van der Waals surface area contributed by atoms with E-state index in [0.29, 0.717) is 5.75 Å². The van der Waals surface area contributed by atoms with Crippen molar-refractivity contribution in [2.75, 3.05) is 0 Å². The first kappa shape index (κ1) is 10.8. The average Bonchev–Trinajstić information content (AvgIpc) is 2.59. The van der Waals surface area contributed by atoms with Crippen LogP contribution in [-0.2, 0) is 6.42 Å². The highest BCUT2D eigenvalue weighted by Crippen LogP contribution is 2.44. The summed E-state index contributed by atoms with van der Waals surface area (Å²) in [7, 11) is 0. The van der Waals surface area contributed by atoms with Gasteiger partial charge in [-0.25, -0.2) is 0 Å². The molecule has 0 aromatic heterocycles. The number of phenolic OH excluding ortho intramolecular Hbond substituents is 1. The third-order valence-corrected chi connectivity index (χ3v) is 2.94. The number of ether oxygens (including phenoxy) is 1. The summed E-state index contributed by atoms with van der Waals surface area (Å²) in [6.45, 7) is 7.52. The first-order valence-corrected chi connectivity index (χ1v) is 5.42. The third-order valence-electron chi connectivity index (χ3n) is 2.94. The molecule has 1 aromatic carbocycles. The van der Waals surface area contributed by atoms with Gasteiger partial charge < -0.3 is 9.84 Å². The van der Waals surface area contributed by atoms with Gasteiger partial charge in [0.25, 0.3) is 0 Å². The molecule has 0 amide bonds. The smallest absolute Gasteiger partial charge is 0.165 e. The maximum absolute atomic E-state index is 9.72. The second kappa shape index (κ2) is 4.05. The summed E-state index contributed by atoms with van der Waals surface area (Å²) in [4.78, 5) is 0. The Kier molecular flexibility index (Phi) is 2.73. The lowest BCUT2D eigenvalue weighted by atomic mass is 9.90. The molecule has 2 nitrogen and oxygen atoms in total. The van der Waals surface area contributed by atoms with E-state index in [1.54, 1.807) is 6.07 Å². The van der Waals surface area contributed by atoms with E-state index < -0.39 is 0 Å². The van der Waals surface area contributed by atoms with Crippen molar-refractivity contribution in [2.24, 2.45) is 0 Å². The fourth-order valence-electron chi connectivity index (χ4n) is 2.27. The Balaban J connectivity index is 2.34. The molecule has 1 N–H and O–H groups in total. The van der Waals surface area contributed by atoms with Crippen LogP contribution in [0, 0.1) is 0 Å². The van der Waals surface area contributed by atoms with Crippen molar-refractivity contribution in [3.63, 3.8) is 0 Å². The Morgan fingerprint density at radius 3 is 2.56 bits per heavy atom. The van der Waals surface area contributed by atoms with Crippen LogP contribution in [0.3, 0.4) is 0 Å². The minimum atomic E-state index is -0.301. The molecular weight excluding hydrogens is 200 g/mol. The summed E-state index contributed by atoms with van der Waals surface area (Å²) >= 11 is 0. The van der Waals surface area contributed by atoms with Gasteiger partial charge in [0, 0.05) is 24.8 Å². The maximum Gasteiger partial charge on any atom is 0.165 e. The van der Waals surface area contributed by atoms with Gasteiger partial charge in [0.15, 0.2) is 11.5 Å². The highest BCUT2D eigenvalue weighted by atomic mass is 16.5. The van der Waals surface area contributed by atoms with Crippen LogP contribution in [0.4, 0.5) is 0 Å². The van der Waals surface area contributed by atoms with E-state index >= 15 is 0 Å². The summed E-state index contributed by atoms with van der Waals surface area (Å²) in [5.74, 6) is 0.832. The van der Waals surface area contributed by atoms with E-state index in [1.807, 2.05) is 24.3 Å². The van der Waals surface area contributed by atoms with Crippen molar-refractivity contribution in [1.29, 1.82) is 0 Å². The van der Waals surface area contributed by atoms with E-state index in [0.717, 1.165) is 24.8 Å². The van der Waals surface area contributed by atoms with Gasteiger partial charge >= 0.3 is 0 Å². The van der Waals surface area contributed by atoms with Crippen LogP contribution in [0.25, 0.3) is 0 Å². The number of phenols is 1. The van der Waals surface area contributed by atoms with Crippen LogP contribution in [0.15, 0.2) is 43.5 Å². The van der Waals surface area contributed by atoms with Gasteiger partial charge in [-0.3, -0.25) is 0 Å². The highest BCUT2D eigenvalue weighted by Gasteiger charge is 2.38. The SMILES string of the molecule is C=CCC1(CC=C)Cc2cccc(O)c2O1. The molecule has 0 saturated heterocycles.